The van der Waals surface area contributed by atoms with Crippen LogP contribution >= 0.6 is 0 Å². The Hall–Kier alpha value is -1.70. The van der Waals surface area contributed by atoms with E-state index in [1.807, 2.05) is 0 Å². The van der Waals surface area contributed by atoms with Crippen LogP contribution in [-0.4, -0.2) is 41.9 Å². The van der Waals surface area contributed by atoms with Gasteiger partial charge in [-0.05, 0) is 51.4 Å². The molecule has 3 N–H and O–H groups in total. The highest BCUT2D eigenvalue weighted by atomic mass is 32.2. The van der Waals surface area contributed by atoms with Crippen molar-refractivity contribution >= 4 is 16.0 Å². The van der Waals surface area contributed by atoms with Crippen LogP contribution in [0.2, 0.25) is 0 Å². The van der Waals surface area contributed by atoms with E-state index in [1.165, 1.54) is 77.0 Å². The van der Waals surface area contributed by atoms with E-state index < -0.39 is 28.0 Å². The summed E-state index contributed by atoms with van der Waals surface area (Å²) < 4.78 is 32.4. The highest BCUT2D eigenvalue weighted by Crippen LogP contribution is 2.15. The number of carbonyl (C=O) groups is 1. The first-order chi connectivity index (χ1) is 21.8. The van der Waals surface area contributed by atoms with Gasteiger partial charge < -0.3 is 10.4 Å². The van der Waals surface area contributed by atoms with E-state index in [0.717, 1.165) is 57.8 Å². The topological polar surface area (TPSA) is 104 Å². The van der Waals surface area contributed by atoms with E-state index >= 15 is 0 Å². The third kappa shape index (κ3) is 33.5. The van der Waals surface area contributed by atoms with Crippen LogP contribution in [-0.2, 0) is 14.9 Å². The zero-order valence-electron chi connectivity index (χ0n) is 29.0. The van der Waals surface area contributed by atoms with Crippen molar-refractivity contribution in [2.45, 2.75) is 180 Å². The predicted octanol–water partition coefficient (Wildman–Crippen LogP) is 10.3. The van der Waals surface area contributed by atoms with E-state index in [2.05, 4.69) is 67.8 Å². The Morgan fingerprint density at radius 1 is 0.622 bits per heavy atom. The Morgan fingerprint density at radius 2 is 1.07 bits per heavy atom. The van der Waals surface area contributed by atoms with E-state index in [9.17, 15) is 22.9 Å². The van der Waals surface area contributed by atoms with Gasteiger partial charge in [0.15, 0.2) is 0 Å². The van der Waals surface area contributed by atoms with Crippen LogP contribution in [0.5, 0.6) is 0 Å². The summed E-state index contributed by atoms with van der Waals surface area (Å²) in [5.41, 5.74) is 0. The van der Waals surface area contributed by atoms with E-state index in [4.69, 9.17) is 0 Å². The molecule has 0 spiro atoms. The fourth-order valence-electron chi connectivity index (χ4n) is 5.33. The third-order valence-corrected chi connectivity index (χ3v) is 8.83. The third-order valence-electron chi connectivity index (χ3n) is 8.05. The number of hydrogen-bond acceptors (Lipinski definition) is 4. The molecule has 262 valence electrons. The molecule has 2 atom stereocenters. The number of unbranched alkanes of at least 4 members (excludes halogenated alkanes) is 16. The Balaban J connectivity index is 4.01. The van der Waals surface area contributed by atoms with Gasteiger partial charge in [0.25, 0.3) is 10.1 Å². The predicted molar refractivity (Wildman–Crippen MR) is 193 cm³/mol. The lowest BCUT2D eigenvalue weighted by atomic mass is 10.0. The van der Waals surface area contributed by atoms with Crippen molar-refractivity contribution in [3.05, 3.63) is 48.6 Å². The van der Waals surface area contributed by atoms with Crippen molar-refractivity contribution in [1.29, 1.82) is 0 Å². The Bertz CT molecular complexity index is 894. The smallest absolute Gasteiger partial charge is 0.266 e. The summed E-state index contributed by atoms with van der Waals surface area (Å²) in [5.74, 6) is -0.954. The quantitative estimate of drug-likeness (QED) is 0.0381. The SMILES string of the molecule is CC/C=C\C/C=C\C/C=C\C/C=C\CCCCC(=O)NC(CS(=O)(=O)O)C(O)CCCCCCCCCCCCCCCCC. The van der Waals surface area contributed by atoms with Gasteiger partial charge in [-0.1, -0.05) is 159 Å². The molecule has 0 saturated carbocycles. The van der Waals surface area contributed by atoms with Crippen LogP contribution in [0.15, 0.2) is 48.6 Å². The molecule has 1 amide bonds. The molecular formula is C38H69NO5S. The van der Waals surface area contributed by atoms with Crippen LogP contribution in [0.1, 0.15) is 168 Å². The molecule has 0 aromatic heterocycles. The lowest BCUT2D eigenvalue weighted by Crippen LogP contribution is -2.47. The summed E-state index contributed by atoms with van der Waals surface area (Å²) in [6.45, 7) is 4.39. The summed E-state index contributed by atoms with van der Waals surface area (Å²) in [6, 6.07) is -0.992. The van der Waals surface area contributed by atoms with Crippen LogP contribution in [0.3, 0.4) is 0 Å². The van der Waals surface area contributed by atoms with Crippen molar-refractivity contribution in [2.24, 2.45) is 0 Å². The molecule has 0 bridgehead atoms. The van der Waals surface area contributed by atoms with Gasteiger partial charge in [0.05, 0.1) is 17.9 Å². The fourth-order valence-corrected chi connectivity index (χ4v) is 6.09. The molecule has 6 nitrogen and oxygen atoms in total. The maximum atomic E-state index is 12.5. The monoisotopic (exact) mass is 651 g/mol. The maximum Gasteiger partial charge on any atom is 0.266 e. The molecule has 45 heavy (non-hydrogen) atoms. The normalized spacial score (nSPS) is 14.0. The highest BCUT2D eigenvalue weighted by Gasteiger charge is 2.26. The van der Waals surface area contributed by atoms with Crippen LogP contribution in [0.4, 0.5) is 0 Å². The second-order valence-corrected chi connectivity index (χ2v) is 14.0. The molecule has 0 aliphatic carbocycles. The standard InChI is InChI=1S/C38H69NO5S/c1-3-5-7-9-11-13-15-17-19-21-23-25-27-29-31-33-37(40)36(35-45(42,43)44)39-38(41)34-32-30-28-26-24-22-20-18-16-14-12-10-8-6-4-2/h6,8,12,14,18,20,24,26,36-37,40H,3-5,7,9-11,13,15-17,19,21-23,25,27-35H2,1-2H3,(H,39,41)(H,42,43,44)/b8-6-,14-12-,20-18-,26-24-. The summed E-state index contributed by atoms with van der Waals surface area (Å²) in [7, 11) is -4.32. The summed E-state index contributed by atoms with van der Waals surface area (Å²) in [6.07, 6.45) is 42.0. The van der Waals surface area contributed by atoms with Gasteiger partial charge in [-0.15, -0.1) is 0 Å². The van der Waals surface area contributed by atoms with Crippen molar-refractivity contribution in [3.8, 4) is 0 Å². The second-order valence-electron chi connectivity index (χ2n) is 12.5. The van der Waals surface area contributed by atoms with Gasteiger partial charge in [0.2, 0.25) is 5.91 Å². The minimum atomic E-state index is -4.32. The first-order valence-corrected chi connectivity index (χ1v) is 19.9. The maximum absolute atomic E-state index is 12.5. The first-order valence-electron chi connectivity index (χ1n) is 18.3. The van der Waals surface area contributed by atoms with Crippen molar-refractivity contribution in [2.75, 3.05) is 5.75 Å². The fraction of sp³-hybridized carbons (Fsp3) is 0.763. The van der Waals surface area contributed by atoms with Gasteiger partial charge in [-0.3, -0.25) is 9.35 Å². The Kier molecular flexibility index (Phi) is 31.0. The molecule has 0 radical (unpaired) electrons. The number of nitrogens with one attached hydrogen (secondary N) is 1. The van der Waals surface area contributed by atoms with Gasteiger partial charge in [0, 0.05) is 6.42 Å². The molecule has 0 saturated heterocycles. The number of aliphatic hydroxyl groups excluding tert-OH is 1. The van der Waals surface area contributed by atoms with Crippen LogP contribution < -0.4 is 5.32 Å². The number of allylic oxidation sites excluding steroid dienone is 8. The minimum Gasteiger partial charge on any atom is -0.391 e. The average molecular weight is 652 g/mol. The number of hydrogen-bond donors (Lipinski definition) is 3. The average Bonchev–Trinajstić information content (AvgIpc) is 3.00. The number of carbonyl (C=O) groups excluding carboxylic acids is 1. The van der Waals surface area contributed by atoms with Gasteiger partial charge in [-0.2, -0.15) is 8.42 Å². The Labute approximate surface area is 278 Å². The van der Waals surface area contributed by atoms with E-state index in [0.29, 0.717) is 12.8 Å². The molecule has 7 heteroatoms. The van der Waals surface area contributed by atoms with Gasteiger partial charge in [-0.25, -0.2) is 0 Å². The van der Waals surface area contributed by atoms with Crippen molar-refractivity contribution in [1.82, 2.24) is 5.32 Å². The molecule has 0 aliphatic heterocycles. The lowest BCUT2D eigenvalue weighted by Gasteiger charge is -2.23. The van der Waals surface area contributed by atoms with Crippen molar-refractivity contribution < 1.29 is 22.9 Å². The molecule has 0 aromatic carbocycles. The van der Waals surface area contributed by atoms with Crippen LogP contribution in [0, 0.1) is 0 Å². The highest BCUT2D eigenvalue weighted by molar-refractivity contribution is 7.85. The zero-order valence-corrected chi connectivity index (χ0v) is 29.8. The lowest BCUT2D eigenvalue weighted by molar-refractivity contribution is -0.122. The largest absolute Gasteiger partial charge is 0.391 e. The Morgan fingerprint density at radius 3 is 1.53 bits per heavy atom. The molecule has 2 unspecified atom stereocenters. The second kappa shape index (κ2) is 32.2. The van der Waals surface area contributed by atoms with Crippen LogP contribution in [0.25, 0.3) is 0 Å². The molecule has 0 fully saturated rings. The molecular weight excluding hydrogens is 582 g/mol. The minimum absolute atomic E-state index is 0.265. The summed E-state index contributed by atoms with van der Waals surface area (Å²) in [5, 5.41) is 13.3. The van der Waals surface area contributed by atoms with E-state index in [-0.39, 0.29) is 12.3 Å². The molecule has 0 aliphatic rings. The number of amides is 1. The molecule has 0 rings (SSSR count). The number of rotatable bonds is 32. The van der Waals surface area contributed by atoms with E-state index in [1.54, 1.807) is 0 Å². The van der Waals surface area contributed by atoms with Gasteiger partial charge >= 0.3 is 0 Å². The molecule has 0 aromatic rings. The van der Waals surface area contributed by atoms with Crippen molar-refractivity contribution in [3.63, 3.8) is 0 Å². The first kappa shape index (κ1) is 43.3. The number of aliphatic hydroxyl groups is 1. The van der Waals surface area contributed by atoms with Gasteiger partial charge in [0.1, 0.15) is 0 Å². The summed E-state index contributed by atoms with van der Waals surface area (Å²) in [4.78, 5) is 12.5. The molecule has 0 heterocycles. The zero-order chi connectivity index (χ0) is 33.3. The summed E-state index contributed by atoms with van der Waals surface area (Å²) >= 11 is 0.